The predicted octanol–water partition coefficient (Wildman–Crippen LogP) is 4.21. The minimum Gasteiger partial charge on any atom is -0.506 e. The van der Waals surface area contributed by atoms with Crippen LogP contribution in [-0.2, 0) is 0 Å². The number of benzene rings is 1. The summed E-state index contributed by atoms with van der Waals surface area (Å²) in [6, 6.07) is 13.7. The molecule has 0 aliphatic carbocycles. The summed E-state index contributed by atoms with van der Waals surface area (Å²) in [6.07, 6.45) is 3.35. The zero-order valence-corrected chi connectivity index (χ0v) is 14.5. The summed E-state index contributed by atoms with van der Waals surface area (Å²) in [7, 11) is 0. The van der Waals surface area contributed by atoms with E-state index in [1.807, 2.05) is 35.2 Å². The lowest BCUT2D eigenvalue weighted by Gasteiger charge is -2.26. The molecule has 3 aromatic rings. The van der Waals surface area contributed by atoms with Crippen LogP contribution in [0.5, 0.6) is 5.75 Å². The molecular weight excluding hydrogens is 358 g/mol. The summed E-state index contributed by atoms with van der Waals surface area (Å²) in [5.74, 6) is 0.800. The van der Waals surface area contributed by atoms with E-state index in [1.165, 1.54) is 0 Å². The molecule has 1 fully saturated rings. The van der Waals surface area contributed by atoms with Gasteiger partial charge in [-0.25, -0.2) is 0 Å². The summed E-state index contributed by atoms with van der Waals surface area (Å²) >= 11 is 11.7. The van der Waals surface area contributed by atoms with Gasteiger partial charge in [0.1, 0.15) is 17.6 Å². The lowest BCUT2D eigenvalue weighted by molar-refractivity contribution is 0.428. The number of thiocarbonyl (C=S) groups is 1. The Kier molecular flexibility index (Phi) is 4.07. The van der Waals surface area contributed by atoms with Crippen molar-refractivity contribution in [3.63, 3.8) is 0 Å². The Morgan fingerprint density at radius 2 is 2.08 bits per heavy atom. The van der Waals surface area contributed by atoms with Crippen LogP contribution in [0.25, 0.3) is 0 Å². The molecule has 2 atom stereocenters. The molecule has 4 rings (SSSR count). The quantitative estimate of drug-likeness (QED) is 0.672. The molecule has 1 saturated heterocycles. The molecule has 25 heavy (non-hydrogen) atoms. The third-order valence-corrected chi connectivity index (χ3v) is 4.68. The van der Waals surface area contributed by atoms with Crippen molar-refractivity contribution in [1.82, 2.24) is 10.3 Å². The highest BCUT2D eigenvalue weighted by Crippen LogP contribution is 2.44. The van der Waals surface area contributed by atoms with Crippen molar-refractivity contribution >= 4 is 34.6 Å². The molecule has 1 aromatic carbocycles. The molecule has 3 heterocycles. The first-order chi connectivity index (χ1) is 12.1. The standard InChI is InChI=1S/C18H14ClN3O2S/c19-11-6-7-14(23)13(10-11)22-17(15-5-3-9-24-15)16(21-18(22)25)12-4-1-2-8-20-12/h1-10,16-17,23H,(H,21,25). The van der Waals surface area contributed by atoms with Gasteiger partial charge in [-0.2, -0.15) is 0 Å². The number of anilines is 1. The highest BCUT2D eigenvalue weighted by molar-refractivity contribution is 7.80. The van der Waals surface area contributed by atoms with E-state index in [9.17, 15) is 5.11 Å². The minimum atomic E-state index is -0.304. The van der Waals surface area contributed by atoms with Crippen molar-refractivity contribution in [1.29, 1.82) is 0 Å². The number of aromatic nitrogens is 1. The fourth-order valence-corrected chi connectivity index (χ4v) is 3.56. The van der Waals surface area contributed by atoms with E-state index in [1.54, 1.807) is 30.7 Å². The van der Waals surface area contributed by atoms with E-state index in [0.717, 1.165) is 5.69 Å². The van der Waals surface area contributed by atoms with E-state index in [4.69, 9.17) is 28.2 Å². The maximum atomic E-state index is 10.4. The zero-order valence-electron chi connectivity index (χ0n) is 13.0. The van der Waals surface area contributed by atoms with Gasteiger partial charge in [0, 0.05) is 11.2 Å². The van der Waals surface area contributed by atoms with Crippen molar-refractivity contribution in [2.75, 3.05) is 4.90 Å². The van der Waals surface area contributed by atoms with Crippen molar-refractivity contribution in [2.24, 2.45) is 0 Å². The van der Waals surface area contributed by atoms with Crippen LogP contribution >= 0.6 is 23.8 Å². The van der Waals surface area contributed by atoms with E-state index in [2.05, 4.69) is 10.3 Å². The number of rotatable bonds is 3. The van der Waals surface area contributed by atoms with Gasteiger partial charge in [-0.1, -0.05) is 17.7 Å². The maximum absolute atomic E-state index is 10.4. The summed E-state index contributed by atoms with van der Waals surface area (Å²) in [5, 5.41) is 14.6. The van der Waals surface area contributed by atoms with Gasteiger partial charge in [-0.15, -0.1) is 0 Å². The number of halogens is 1. The Morgan fingerprint density at radius 3 is 2.80 bits per heavy atom. The van der Waals surface area contributed by atoms with Gasteiger partial charge in [0.25, 0.3) is 0 Å². The average Bonchev–Trinajstić information content (AvgIpc) is 3.25. The number of phenols is 1. The number of nitrogens with one attached hydrogen (secondary N) is 1. The van der Waals surface area contributed by atoms with Crippen LogP contribution in [0.15, 0.2) is 65.4 Å². The number of hydrogen-bond acceptors (Lipinski definition) is 4. The monoisotopic (exact) mass is 371 g/mol. The first kappa shape index (κ1) is 15.9. The predicted molar refractivity (Wildman–Crippen MR) is 99.8 cm³/mol. The molecule has 1 aliphatic rings. The Balaban J connectivity index is 1.85. The number of furan rings is 1. The summed E-state index contributed by atoms with van der Waals surface area (Å²) < 4.78 is 5.66. The topological polar surface area (TPSA) is 61.5 Å². The third kappa shape index (κ3) is 2.83. The lowest BCUT2D eigenvalue weighted by Crippen LogP contribution is -2.29. The largest absolute Gasteiger partial charge is 0.506 e. The first-order valence-corrected chi connectivity index (χ1v) is 8.46. The second-order valence-corrected chi connectivity index (χ2v) is 6.47. The van der Waals surface area contributed by atoms with Gasteiger partial charge in [-0.05, 0) is 54.7 Å². The molecule has 2 unspecified atom stereocenters. The second-order valence-electron chi connectivity index (χ2n) is 5.65. The smallest absolute Gasteiger partial charge is 0.174 e. The van der Waals surface area contributed by atoms with Crippen LogP contribution in [0, 0.1) is 0 Å². The normalized spacial score (nSPS) is 19.9. The molecule has 2 aromatic heterocycles. The van der Waals surface area contributed by atoms with E-state index < -0.39 is 0 Å². The fourth-order valence-electron chi connectivity index (χ4n) is 3.05. The molecule has 1 aliphatic heterocycles. The van der Waals surface area contributed by atoms with Gasteiger partial charge in [-0.3, -0.25) is 4.98 Å². The van der Waals surface area contributed by atoms with Gasteiger partial charge < -0.3 is 19.7 Å². The molecule has 0 spiro atoms. The number of phenolic OH excluding ortho intramolecular Hbond substituents is 1. The molecule has 0 amide bonds. The van der Waals surface area contributed by atoms with E-state index in [-0.39, 0.29) is 17.8 Å². The maximum Gasteiger partial charge on any atom is 0.174 e. The molecule has 0 saturated carbocycles. The summed E-state index contributed by atoms with van der Waals surface area (Å²) in [6.45, 7) is 0. The molecule has 0 radical (unpaired) electrons. The SMILES string of the molecule is Oc1ccc(Cl)cc1N1C(=S)NC(c2ccccn2)C1c1ccco1. The molecule has 7 heteroatoms. The zero-order chi connectivity index (χ0) is 17.4. The van der Waals surface area contributed by atoms with E-state index >= 15 is 0 Å². The minimum absolute atomic E-state index is 0.0896. The van der Waals surface area contributed by atoms with Crippen molar-refractivity contribution in [2.45, 2.75) is 12.1 Å². The summed E-state index contributed by atoms with van der Waals surface area (Å²) in [4.78, 5) is 6.26. The van der Waals surface area contributed by atoms with E-state index in [0.29, 0.717) is 21.6 Å². The van der Waals surface area contributed by atoms with Crippen LogP contribution in [0.2, 0.25) is 5.02 Å². The van der Waals surface area contributed by atoms with Crippen LogP contribution in [0.4, 0.5) is 5.69 Å². The highest BCUT2D eigenvalue weighted by Gasteiger charge is 2.43. The first-order valence-electron chi connectivity index (χ1n) is 7.68. The van der Waals surface area contributed by atoms with Crippen LogP contribution in [-0.4, -0.2) is 15.2 Å². The number of nitrogens with zero attached hydrogens (tertiary/aromatic N) is 2. The Labute approximate surface area is 154 Å². The van der Waals surface area contributed by atoms with Gasteiger partial charge in [0.15, 0.2) is 5.11 Å². The third-order valence-electron chi connectivity index (χ3n) is 4.13. The van der Waals surface area contributed by atoms with Gasteiger partial charge in [0.2, 0.25) is 0 Å². The molecule has 126 valence electrons. The Morgan fingerprint density at radius 1 is 1.20 bits per heavy atom. The van der Waals surface area contributed by atoms with Crippen molar-refractivity contribution in [3.05, 3.63) is 77.5 Å². The molecular formula is C18H14ClN3O2S. The number of aromatic hydroxyl groups is 1. The van der Waals surface area contributed by atoms with Crippen LogP contribution in [0.3, 0.4) is 0 Å². The lowest BCUT2D eigenvalue weighted by atomic mass is 10.0. The van der Waals surface area contributed by atoms with Crippen LogP contribution in [0.1, 0.15) is 23.5 Å². The fraction of sp³-hybridized carbons (Fsp3) is 0.111. The highest BCUT2D eigenvalue weighted by atomic mass is 35.5. The van der Waals surface area contributed by atoms with Gasteiger partial charge in [0.05, 0.1) is 23.7 Å². The second kappa shape index (κ2) is 6.38. The molecule has 0 bridgehead atoms. The van der Waals surface area contributed by atoms with Crippen molar-refractivity contribution in [3.8, 4) is 5.75 Å². The number of hydrogen-bond donors (Lipinski definition) is 2. The molecule has 2 N–H and O–H groups in total. The van der Waals surface area contributed by atoms with Gasteiger partial charge >= 0.3 is 0 Å². The van der Waals surface area contributed by atoms with Crippen molar-refractivity contribution < 1.29 is 9.52 Å². The Bertz CT molecular complexity index is 902. The van der Waals surface area contributed by atoms with Crippen LogP contribution < -0.4 is 10.2 Å². The average molecular weight is 372 g/mol. The molecule has 5 nitrogen and oxygen atoms in total. The summed E-state index contributed by atoms with van der Waals surface area (Å²) in [5.41, 5.74) is 1.35. The Hall–Kier alpha value is -2.57. The number of pyridine rings is 1.